The molecule has 0 aliphatic heterocycles. The molecule has 0 amide bonds. The van der Waals surface area contributed by atoms with Gasteiger partial charge in [0.25, 0.3) is 0 Å². The molecule has 136 valence electrons. The highest BCUT2D eigenvalue weighted by molar-refractivity contribution is 5.31. The maximum Gasteiger partial charge on any atom is 0.0459 e. The van der Waals surface area contributed by atoms with E-state index < -0.39 is 0 Å². The van der Waals surface area contributed by atoms with E-state index in [-0.39, 0.29) is 6.61 Å². The van der Waals surface area contributed by atoms with Crippen LogP contribution in [0.5, 0.6) is 0 Å². The summed E-state index contributed by atoms with van der Waals surface area (Å²) in [5.74, 6) is 0.300. The van der Waals surface area contributed by atoms with Crippen LogP contribution in [0.2, 0.25) is 0 Å². The average Bonchev–Trinajstić information content (AvgIpc) is 2.64. The molecule has 1 unspecified atom stereocenters. The number of allylic oxidation sites excluding steroid dienone is 4. The molecule has 1 N–H and O–H groups in total. The summed E-state index contributed by atoms with van der Waals surface area (Å²) in [4.78, 5) is 0. The molecule has 0 aromatic heterocycles. The van der Waals surface area contributed by atoms with E-state index in [0.717, 1.165) is 19.3 Å². The molecular weight excluding hydrogens is 292 g/mol. The van der Waals surface area contributed by atoms with Crippen molar-refractivity contribution >= 4 is 0 Å². The van der Waals surface area contributed by atoms with Gasteiger partial charge < -0.3 is 5.11 Å². The standard InChI is InChI=1S/C12H20O.C9H12.C2H6/c1-5-11(6-2)12(7-3)8-10(4)9-13;1-3-9-6-4-8(2)5-7-9;1-2/h5,7,10,13H,1,3,6,8-9H2,2,4H3;4-7H,3H2,1-2H3;1-2H3/b12-11-;;. The van der Waals surface area contributed by atoms with E-state index in [1.165, 1.54) is 22.3 Å². The second kappa shape index (κ2) is 16.3. The van der Waals surface area contributed by atoms with Crippen LogP contribution in [0.15, 0.2) is 60.7 Å². The zero-order chi connectivity index (χ0) is 19.0. The summed E-state index contributed by atoms with van der Waals surface area (Å²) in [6.07, 6.45) is 6.74. The molecule has 1 heteroatoms. The van der Waals surface area contributed by atoms with Crippen LogP contribution in [0.1, 0.15) is 58.6 Å². The third-order valence-electron chi connectivity index (χ3n) is 3.70. The molecule has 1 nitrogen and oxygen atoms in total. The second-order valence-electron chi connectivity index (χ2n) is 5.64. The van der Waals surface area contributed by atoms with Crippen molar-refractivity contribution in [3.8, 4) is 0 Å². The van der Waals surface area contributed by atoms with E-state index in [1.54, 1.807) is 0 Å². The van der Waals surface area contributed by atoms with Crippen LogP contribution in [0.3, 0.4) is 0 Å². The number of rotatable bonds is 7. The minimum absolute atomic E-state index is 0.228. The SMILES string of the molecule is C=C/C(CC)=C(\C=C)CC(C)CO.CC.CCc1ccc(C)cc1. The van der Waals surface area contributed by atoms with Crippen molar-refractivity contribution in [2.45, 2.75) is 60.8 Å². The lowest BCUT2D eigenvalue weighted by atomic mass is 9.96. The first-order valence-corrected chi connectivity index (χ1v) is 9.15. The Hall–Kier alpha value is -1.60. The molecule has 1 aromatic rings. The summed E-state index contributed by atoms with van der Waals surface area (Å²) < 4.78 is 0. The smallest absolute Gasteiger partial charge is 0.0459 e. The third-order valence-corrected chi connectivity index (χ3v) is 3.70. The summed E-state index contributed by atoms with van der Waals surface area (Å²) in [6, 6.07) is 8.66. The Morgan fingerprint density at radius 1 is 1.04 bits per heavy atom. The molecule has 24 heavy (non-hydrogen) atoms. The minimum Gasteiger partial charge on any atom is -0.396 e. The lowest BCUT2D eigenvalue weighted by Gasteiger charge is -2.11. The monoisotopic (exact) mass is 330 g/mol. The quantitative estimate of drug-likeness (QED) is 0.554. The molecule has 0 bridgehead atoms. The first-order chi connectivity index (χ1) is 11.5. The first-order valence-electron chi connectivity index (χ1n) is 9.15. The van der Waals surface area contributed by atoms with Crippen LogP contribution < -0.4 is 0 Å². The Kier molecular flexibility index (Phi) is 16.7. The van der Waals surface area contributed by atoms with E-state index in [2.05, 4.69) is 58.2 Å². The van der Waals surface area contributed by atoms with Crippen molar-refractivity contribution in [3.63, 3.8) is 0 Å². The van der Waals surface area contributed by atoms with Crippen molar-refractivity contribution < 1.29 is 5.11 Å². The van der Waals surface area contributed by atoms with Gasteiger partial charge in [0, 0.05) is 6.61 Å². The predicted molar refractivity (Wildman–Crippen MR) is 110 cm³/mol. The van der Waals surface area contributed by atoms with Gasteiger partial charge in [-0.05, 0) is 48.8 Å². The van der Waals surface area contributed by atoms with E-state index in [0.29, 0.717) is 5.92 Å². The summed E-state index contributed by atoms with van der Waals surface area (Å²) in [5.41, 5.74) is 5.20. The lowest BCUT2D eigenvalue weighted by Crippen LogP contribution is -2.02. The summed E-state index contributed by atoms with van der Waals surface area (Å²) in [7, 11) is 0. The van der Waals surface area contributed by atoms with Gasteiger partial charge in [0.2, 0.25) is 0 Å². The number of hydrogen-bond acceptors (Lipinski definition) is 1. The average molecular weight is 331 g/mol. The van der Waals surface area contributed by atoms with Crippen LogP contribution in [-0.2, 0) is 6.42 Å². The van der Waals surface area contributed by atoms with Gasteiger partial charge in [0.15, 0.2) is 0 Å². The van der Waals surface area contributed by atoms with Crippen LogP contribution in [0.4, 0.5) is 0 Å². The highest BCUT2D eigenvalue weighted by Crippen LogP contribution is 2.19. The van der Waals surface area contributed by atoms with E-state index >= 15 is 0 Å². The van der Waals surface area contributed by atoms with Gasteiger partial charge in [-0.1, -0.05) is 89.8 Å². The molecular formula is C23H38O. The zero-order valence-electron chi connectivity index (χ0n) is 16.7. The van der Waals surface area contributed by atoms with E-state index in [1.807, 2.05) is 32.9 Å². The number of aliphatic hydroxyl groups excluding tert-OH is 1. The Bertz CT molecular complexity index is 465. The Balaban J connectivity index is 0. The second-order valence-corrected chi connectivity index (χ2v) is 5.64. The zero-order valence-corrected chi connectivity index (χ0v) is 16.7. The van der Waals surface area contributed by atoms with Crippen molar-refractivity contribution in [1.29, 1.82) is 0 Å². The third kappa shape index (κ3) is 11.0. The molecule has 0 aliphatic rings. The topological polar surface area (TPSA) is 20.2 Å². The van der Waals surface area contributed by atoms with Crippen LogP contribution in [-0.4, -0.2) is 11.7 Å². The molecule has 0 saturated heterocycles. The molecule has 0 fully saturated rings. The number of aliphatic hydroxyl groups is 1. The van der Waals surface area contributed by atoms with Gasteiger partial charge >= 0.3 is 0 Å². The normalized spacial score (nSPS) is 11.8. The molecule has 0 saturated carbocycles. The van der Waals surface area contributed by atoms with Crippen LogP contribution in [0, 0.1) is 12.8 Å². The van der Waals surface area contributed by atoms with E-state index in [4.69, 9.17) is 5.11 Å². The van der Waals surface area contributed by atoms with Crippen molar-refractivity contribution in [3.05, 3.63) is 71.8 Å². The first kappa shape index (κ1) is 24.6. The fourth-order valence-electron chi connectivity index (χ4n) is 2.11. The number of hydrogen-bond donors (Lipinski definition) is 1. The Morgan fingerprint density at radius 2 is 1.54 bits per heavy atom. The maximum absolute atomic E-state index is 8.92. The highest BCUT2D eigenvalue weighted by Gasteiger charge is 2.04. The highest BCUT2D eigenvalue weighted by atomic mass is 16.3. The summed E-state index contributed by atoms with van der Waals surface area (Å²) >= 11 is 0. The van der Waals surface area contributed by atoms with Gasteiger partial charge in [-0.3, -0.25) is 0 Å². The van der Waals surface area contributed by atoms with Crippen molar-refractivity contribution in [1.82, 2.24) is 0 Å². The molecule has 0 heterocycles. The molecule has 0 radical (unpaired) electrons. The van der Waals surface area contributed by atoms with Gasteiger partial charge in [-0.2, -0.15) is 0 Å². The van der Waals surface area contributed by atoms with Gasteiger partial charge in [0.05, 0.1) is 0 Å². The number of benzene rings is 1. The van der Waals surface area contributed by atoms with Gasteiger partial charge in [0.1, 0.15) is 0 Å². The molecule has 1 rings (SSSR count). The Morgan fingerprint density at radius 3 is 1.88 bits per heavy atom. The van der Waals surface area contributed by atoms with Crippen molar-refractivity contribution in [2.75, 3.05) is 6.61 Å². The van der Waals surface area contributed by atoms with Crippen molar-refractivity contribution in [2.24, 2.45) is 5.92 Å². The molecule has 0 spiro atoms. The molecule has 1 aromatic carbocycles. The summed E-state index contributed by atoms with van der Waals surface area (Å²) in [5, 5.41) is 8.92. The minimum atomic E-state index is 0.228. The maximum atomic E-state index is 8.92. The largest absolute Gasteiger partial charge is 0.396 e. The van der Waals surface area contributed by atoms with E-state index in [9.17, 15) is 0 Å². The Labute approximate surface area is 150 Å². The van der Waals surface area contributed by atoms with Gasteiger partial charge in [-0.15, -0.1) is 0 Å². The fraction of sp³-hybridized carbons (Fsp3) is 0.478. The lowest BCUT2D eigenvalue weighted by molar-refractivity contribution is 0.237. The predicted octanol–water partition coefficient (Wildman–Crippen LogP) is 6.67. The molecule has 0 aliphatic carbocycles. The van der Waals surface area contributed by atoms with Crippen LogP contribution in [0.25, 0.3) is 0 Å². The molecule has 1 atom stereocenters. The summed E-state index contributed by atoms with van der Waals surface area (Å²) in [6.45, 7) is 20.2. The fourth-order valence-corrected chi connectivity index (χ4v) is 2.11. The van der Waals surface area contributed by atoms with Crippen LogP contribution >= 0.6 is 0 Å². The van der Waals surface area contributed by atoms with Gasteiger partial charge in [-0.25, -0.2) is 0 Å². The number of aryl methyl sites for hydroxylation is 2.